The Bertz CT molecular complexity index is 1790. The van der Waals surface area contributed by atoms with E-state index >= 15 is 0 Å². The third-order valence-corrected chi connectivity index (χ3v) is 6.73. The average molecular weight is 522 g/mol. The third kappa shape index (κ3) is 4.82. The van der Waals surface area contributed by atoms with Crippen molar-refractivity contribution < 1.29 is 4.39 Å². The molecule has 6 rings (SSSR count). The molecule has 0 atom stereocenters. The number of imidazole rings is 1. The van der Waals surface area contributed by atoms with E-state index in [0.717, 1.165) is 58.3 Å². The van der Waals surface area contributed by atoms with Crippen LogP contribution in [0.25, 0.3) is 56.0 Å². The van der Waals surface area contributed by atoms with Crippen molar-refractivity contribution in [1.82, 2.24) is 40.4 Å². The van der Waals surface area contributed by atoms with E-state index in [1.54, 1.807) is 24.7 Å². The molecule has 5 heterocycles. The minimum atomic E-state index is -0.285. The molecule has 9 nitrogen and oxygen atoms in total. The summed E-state index contributed by atoms with van der Waals surface area (Å²) >= 11 is 0. The highest BCUT2D eigenvalue weighted by Gasteiger charge is 2.18. The van der Waals surface area contributed by atoms with Crippen LogP contribution >= 0.6 is 0 Å². The van der Waals surface area contributed by atoms with Crippen molar-refractivity contribution >= 4 is 27.6 Å². The van der Waals surface area contributed by atoms with Crippen molar-refractivity contribution in [1.29, 1.82) is 0 Å². The minimum Gasteiger partial charge on any atom is -0.376 e. The van der Waals surface area contributed by atoms with Gasteiger partial charge in [-0.2, -0.15) is 5.10 Å². The number of fused-ring (bicyclic) bond motifs is 2. The Balaban J connectivity index is 1.41. The molecule has 0 radical (unpaired) electrons. The number of aryl methyl sites for hydroxylation is 1. The zero-order valence-electron chi connectivity index (χ0n) is 22.0. The van der Waals surface area contributed by atoms with Gasteiger partial charge in [0.1, 0.15) is 17.0 Å². The van der Waals surface area contributed by atoms with E-state index in [1.165, 1.54) is 6.07 Å². The normalized spacial score (nSPS) is 11.5. The van der Waals surface area contributed by atoms with E-state index in [2.05, 4.69) is 35.5 Å². The number of pyridine rings is 3. The first-order chi connectivity index (χ1) is 19.0. The zero-order chi connectivity index (χ0) is 26.9. The lowest BCUT2D eigenvalue weighted by Crippen LogP contribution is -2.08. The molecule has 0 fully saturated rings. The van der Waals surface area contributed by atoms with Crippen LogP contribution in [0.15, 0.2) is 61.2 Å². The van der Waals surface area contributed by atoms with Crippen LogP contribution in [0.1, 0.15) is 12.0 Å². The largest absolute Gasteiger partial charge is 0.376 e. The molecule has 5 aromatic heterocycles. The fourth-order valence-electron chi connectivity index (χ4n) is 4.73. The number of anilines is 1. The minimum absolute atomic E-state index is 0.285. The second-order valence-corrected chi connectivity index (χ2v) is 9.71. The number of halogens is 1. The topological polar surface area (TPSA) is 111 Å². The lowest BCUT2D eigenvalue weighted by molar-refractivity contribution is 0.624. The molecule has 0 aliphatic heterocycles. The molecule has 6 aromatic rings. The Labute approximate surface area is 224 Å². The Morgan fingerprint density at radius 3 is 2.69 bits per heavy atom. The van der Waals surface area contributed by atoms with Crippen LogP contribution in [0.5, 0.6) is 0 Å². The predicted octanol–water partition coefficient (Wildman–Crippen LogP) is 4.98. The van der Waals surface area contributed by atoms with E-state index < -0.39 is 0 Å². The van der Waals surface area contributed by atoms with Gasteiger partial charge >= 0.3 is 0 Å². The van der Waals surface area contributed by atoms with E-state index in [4.69, 9.17) is 4.98 Å². The molecule has 0 saturated carbocycles. The molecular weight excluding hydrogens is 493 g/mol. The summed E-state index contributed by atoms with van der Waals surface area (Å²) < 4.78 is 14.6. The van der Waals surface area contributed by atoms with Crippen molar-refractivity contribution in [3.8, 4) is 34.0 Å². The SMILES string of the molecule is CNCCCc1cc(F)cc(-c2nccc3[nH]c(-c4n[nH]c5cnc(-c6cncc(N(C)C)c6)cc45)nc23)c1. The smallest absolute Gasteiger partial charge is 0.159 e. The van der Waals surface area contributed by atoms with Gasteiger partial charge in [-0.15, -0.1) is 0 Å². The number of hydrogen-bond donors (Lipinski definition) is 3. The summed E-state index contributed by atoms with van der Waals surface area (Å²) in [6, 6.07) is 11.0. The number of aromatic nitrogens is 7. The van der Waals surface area contributed by atoms with Crippen LogP contribution in [0.4, 0.5) is 10.1 Å². The predicted molar refractivity (Wildman–Crippen MR) is 152 cm³/mol. The molecule has 0 saturated heterocycles. The number of hydrogen-bond acceptors (Lipinski definition) is 7. The van der Waals surface area contributed by atoms with Gasteiger partial charge in [0.2, 0.25) is 0 Å². The maximum Gasteiger partial charge on any atom is 0.159 e. The van der Waals surface area contributed by atoms with Gasteiger partial charge in [-0.1, -0.05) is 0 Å². The molecule has 1 aromatic carbocycles. The van der Waals surface area contributed by atoms with E-state index in [9.17, 15) is 4.39 Å². The fourth-order valence-corrected chi connectivity index (χ4v) is 4.73. The Morgan fingerprint density at radius 1 is 0.949 bits per heavy atom. The second-order valence-electron chi connectivity index (χ2n) is 9.71. The summed E-state index contributed by atoms with van der Waals surface area (Å²) in [7, 11) is 5.87. The van der Waals surface area contributed by atoms with Gasteiger partial charge in [-0.3, -0.25) is 20.1 Å². The molecule has 0 unspecified atom stereocenters. The van der Waals surface area contributed by atoms with Gasteiger partial charge in [-0.25, -0.2) is 9.37 Å². The van der Waals surface area contributed by atoms with Crippen molar-refractivity contribution in [2.75, 3.05) is 32.6 Å². The standard InChI is InChI=1S/C29H28FN9/c1-31-7-4-5-17-9-18(11-20(30)10-17)26-28-23(6-8-33-26)35-29(36-28)27-22-13-24(34-16-25(22)37-38-27)19-12-21(39(2)3)15-32-14-19/h6,8-16,31H,4-5,7H2,1-3H3,(H,35,36)(H,37,38). The second kappa shape index (κ2) is 10.2. The highest BCUT2D eigenvalue weighted by Crippen LogP contribution is 2.32. The molecule has 0 aliphatic rings. The van der Waals surface area contributed by atoms with Gasteiger partial charge < -0.3 is 15.2 Å². The number of rotatable bonds is 8. The Morgan fingerprint density at radius 2 is 1.85 bits per heavy atom. The molecule has 0 bridgehead atoms. The summed E-state index contributed by atoms with van der Waals surface area (Å²) in [6.45, 7) is 0.870. The van der Waals surface area contributed by atoms with Crippen molar-refractivity contribution in [2.45, 2.75) is 12.8 Å². The maximum absolute atomic E-state index is 14.6. The van der Waals surface area contributed by atoms with Crippen LogP contribution < -0.4 is 10.2 Å². The molecule has 196 valence electrons. The van der Waals surface area contributed by atoms with Gasteiger partial charge in [0.25, 0.3) is 0 Å². The van der Waals surface area contributed by atoms with Crippen LogP contribution in [0, 0.1) is 5.82 Å². The summed E-state index contributed by atoms with van der Waals surface area (Å²) in [6.07, 6.45) is 8.78. The van der Waals surface area contributed by atoms with Gasteiger partial charge in [0.05, 0.1) is 40.5 Å². The van der Waals surface area contributed by atoms with Crippen molar-refractivity contribution in [2.24, 2.45) is 0 Å². The molecule has 10 heteroatoms. The van der Waals surface area contributed by atoms with Crippen LogP contribution in [-0.2, 0) is 6.42 Å². The first kappa shape index (κ1) is 24.6. The van der Waals surface area contributed by atoms with Crippen LogP contribution in [0.3, 0.4) is 0 Å². The highest BCUT2D eigenvalue weighted by atomic mass is 19.1. The lowest BCUT2D eigenvalue weighted by Gasteiger charge is -2.12. The first-order valence-corrected chi connectivity index (χ1v) is 12.8. The van der Waals surface area contributed by atoms with Crippen molar-refractivity contribution in [3.05, 3.63) is 72.6 Å². The van der Waals surface area contributed by atoms with Gasteiger partial charge in [-0.05, 0) is 68.4 Å². The van der Waals surface area contributed by atoms with Gasteiger partial charge in [0.15, 0.2) is 5.82 Å². The number of nitrogens with zero attached hydrogens (tertiary/aromatic N) is 6. The lowest BCUT2D eigenvalue weighted by atomic mass is 10.0. The molecule has 0 aliphatic carbocycles. The zero-order valence-corrected chi connectivity index (χ0v) is 22.0. The summed E-state index contributed by atoms with van der Waals surface area (Å²) in [5.41, 5.74) is 7.84. The van der Waals surface area contributed by atoms with Crippen LogP contribution in [-0.4, -0.2) is 62.8 Å². The summed E-state index contributed by atoms with van der Waals surface area (Å²) in [5, 5.41) is 11.6. The highest BCUT2D eigenvalue weighted by molar-refractivity contribution is 5.97. The van der Waals surface area contributed by atoms with E-state index in [-0.39, 0.29) is 5.82 Å². The number of benzene rings is 1. The Hall–Kier alpha value is -4.70. The monoisotopic (exact) mass is 521 g/mol. The molecule has 0 amide bonds. The van der Waals surface area contributed by atoms with Gasteiger partial charge in [0, 0.05) is 43.0 Å². The Kier molecular flexibility index (Phi) is 6.45. The fraction of sp³-hybridized carbons (Fsp3) is 0.207. The first-order valence-electron chi connectivity index (χ1n) is 12.8. The number of aromatic amines is 2. The number of nitrogens with one attached hydrogen (secondary N) is 3. The maximum atomic E-state index is 14.6. The average Bonchev–Trinajstić information content (AvgIpc) is 3.56. The molecular formula is C29H28FN9. The molecule has 3 N–H and O–H groups in total. The van der Waals surface area contributed by atoms with E-state index in [0.29, 0.717) is 28.3 Å². The van der Waals surface area contributed by atoms with Crippen molar-refractivity contribution in [3.63, 3.8) is 0 Å². The van der Waals surface area contributed by atoms with E-state index in [1.807, 2.05) is 56.5 Å². The summed E-state index contributed by atoms with van der Waals surface area (Å²) in [5.74, 6) is 0.307. The quantitative estimate of drug-likeness (QED) is 0.242. The molecule has 39 heavy (non-hydrogen) atoms. The molecule has 0 spiro atoms. The number of H-pyrrole nitrogens is 2. The van der Waals surface area contributed by atoms with Crippen LogP contribution in [0.2, 0.25) is 0 Å². The summed E-state index contributed by atoms with van der Waals surface area (Å²) in [4.78, 5) is 23.8. The third-order valence-electron chi connectivity index (χ3n) is 6.73.